The topological polar surface area (TPSA) is 83.1 Å². The summed E-state index contributed by atoms with van der Waals surface area (Å²) in [6, 6.07) is 14.6. The van der Waals surface area contributed by atoms with Crippen LogP contribution in [0.1, 0.15) is 40.6 Å². The lowest BCUT2D eigenvalue weighted by Crippen LogP contribution is -2.31. The standard InChI is InChI=1S/C20H21N3O3S/c1-27(25,26)13-14-6-4-7-15(12-14)20(24)23-11-5-10-18(23)19-21-16-8-2-3-9-17(16)22-19/h2-4,6-9,12,18H,5,10-11,13H2,1H3,(H,21,22)/t18-/m1/s1. The predicted octanol–water partition coefficient (Wildman–Crippen LogP) is 3.08. The van der Waals surface area contributed by atoms with Crippen molar-refractivity contribution in [1.82, 2.24) is 14.9 Å². The van der Waals surface area contributed by atoms with Gasteiger partial charge in [-0.15, -0.1) is 0 Å². The maximum absolute atomic E-state index is 13.1. The Morgan fingerprint density at radius 2 is 2.04 bits per heavy atom. The number of fused-ring (bicyclic) bond motifs is 1. The van der Waals surface area contributed by atoms with Crippen LogP contribution in [0, 0.1) is 0 Å². The highest BCUT2D eigenvalue weighted by molar-refractivity contribution is 7.89. The van der Waals surface area contributed by atoms with E-state index in [0.717, 1.165) is 29.7 Å². The van der Waals surface area contributed by atoms with E-state index in [2.05, 4.69) is 9.97 Å². The molecule has 27 heavy (non-hydrogen) atoms. The normalized spacial score (nSPS) is 17.5. The zero-order chi connectivity index (χ0) is 19.0. The average Bonchev–Trinajstić information content (AvgIpc) is 3.26. The zero-order valence-electron chi connectivity index (χ0n) is 15.1. The monoisotopic (exact) mass is 383 g/mol. The number of para-hydroxylation sites is 2. The van der Waals surface area contributed by atoms with E-state index in [1.54, 1.807) is 24.3 Å². The number of aromatic amines is 1. The predicted molar refractivity (Wildman–Crippen MR) is 104 cm³/mol. The van der Waals surface area contributed by atoms with Gasteiger partial charge in [0.15, 0.2) is 9.84 Å². The Hall–Kier alpha value is -2.67. The molecule has 1 aliphatic heterocycles. The van der Waals surface area contributed by atoms with Gasteiger partial charge in [0.25, 0.3) is 5.91 Å². The summed E-state index contributed by atoms with van der Waals surface area (Å²) in [5, 5.41) is 0. The third-order valence-electron chi connectivity index (χ3n) is 4.84. The van der Waals surface area contributed by atoms with E-state index in [1.807, 2.05) is 29.2 Å². The Morgan fingerprint density at radius 1 is 1.22 bits per heavy atom. The molecule has 1 atom stereocenters. The molecule has 0 saturated carbocycles. The molecule has 0 radical (unpaired) electrons. The quantitative estimate of drug-likeness (QED) is 0.750. The summed E-state index contributed by atoms with van der Waals surface area (Å²) >= 11 is 0. The van der Waals surface area contributed by atoms with E-state index in [4.69, 9.17) is 0 Å². The van der Waals surface area contributed by atoms with E-state index in [-0.39, 0.29) is 17.7 Å². The zero-order valence-corrected chi connectivity index (χ0v) is 15.9. The van der Waals surface area contributed by atoms with Crippen LogP contribution in [0.15, 0.2) is 48.5 Å². The van der Waals surface area contributed by atoms with Gasteiger partial charge in [0, 0.05) is 18.4 Å². The van der Waals surface area contributed by atoms with Gasteiger partial charge >= 0.3 is 0 Å². The Morgan fingerprint density at radius 3 is 2.81 bits per heavy atom. The number of sulfone groups is 1. The molecule has 4 rings (SSSR count). The number of nitrogens with one attached hydrogen (secondary N) is 1. The fraction of sp³-hybridized carbons (Fsp3) is 0.300. The van der Waals surface area contributed by atoms with Crippen LogP contribution in [0.4, 0.5) is 0 Å². The second-order valence-electron chi connectivity index (χ2n) is 7.07. The van der Waals surface area contributed by atoms with Crippen LogP contribution in [-0.4, -0.2) is 42.0 Å². The van der Waals surface area contributed by atoms with Crippen LogP contribution in [0.3, 0.4) is 0 Å². The number of likely N-dealkylation sites (tertiary alicyclic amines) is 1. The van der Waals surface area contributed by atoms with Crippen molar-refractivity contribution in [1.29, 1.82) is 0 Å². The van der Waals surface area contributed by atoms with Gasteiger partial charge < -0.3 is 9.88 Å². The first-order chi connectivity index (χ1) is 12.9. The lowest BCUT2D eigenvalue weighted by molar-refractivity contribution is 0.0730. The fourth-order valence-electron chi connectivity index (χ4n) is 3.69. The summed E-state index contributed by atoms with van der Waals surface area (Å²) in [6.45, 7) is 0.664. The van der Waals surface area contributed by atoms with E-state index in [9.17, 15) is 13.2 Å². The van der Waals surface area contributed by atoms with Crippen molar-refractivity contribution in [3.63, 3.8) is 0 Å². The molecule has 0 aliphatic carbocycles. The molecular weight excluding hydrogens is 362 g/mol. The van der Waals surface area contributed by atoms with Crippen molar-refractivity contribution in [2.45, 2.75) is 24.6 Å². The molecule has 1 fully saturated rings. The Labute approximate surface area is 158 Å². The summed E-state index contributed by atoms with van der Waals surface area (Å²) in [5.74, 6) is 0.642. The highest BCUT2D eigenvalue weighted by atomic mass is 32.2. The molecule has 6 nitrogen and oxygen atoms in total. The smallest absolute Gasteiger partial charge is 0.254 e. The van der Waals surface area contributed by atoms with Gasteiger partial charge in [0.1, 0.15) is 5.82 Å². The summed E-state index contributed by atoms with van der Waals surface area (Å²) in [5.41, 5.74) is 2.99. The number of carbonyl (C=O) groups is 1. The maximum atomic E-state index is 13.1. The van der Waals surface area contributed by atoms with E-state index < -0.39 is 9.84 Å². The molecular formula is C20H21N3O3S. The van der Waals surface area contributed by atoms with E-state index in [1.165, 1.54) is 6.26 Å². The Bertz CT molecular complexity index is 1070. The third-order valence-corrected chi connectivity index (χ3v) is 5.70. The number of benzene rings is 2. The number of nitrogens with zero attached hydrogens (tertiary/aromatic N) is 2. The van der Waals surface area contributed by atoms with Gasteiger partial charge in [-0.2, -0.15) is 0 Å². The van der Waals surface area contributed by atoms with Crippen molar-refractivity contribution >= 4 is 26.8 Å². The van der Waals surface area contributed by atoms with Crippen LogP contribution in [0.2, 0.25) is 0 Å². The highest BCUT2D eigenvalue weighted by Crippen LogP contribution is 2.32. The van der Waals surface area contributed by atoms with Gasteiger partial charge in [0.2, 0.25) is 0 Å². The number of hydrogen-bond acceptors (Lipinski definition) is 4. The van der Waals surface area contributed by atoms with Crippen LogP contribution in [0.25, 0.3) is 11.0 Å². The van der Waals surface area contributed by atoms with Crippen LogP contribution in [0.5, 0.6) is 0 Å². The maximum Gasteiger partial charge on any atom is 0.254 e. The fourth-order valence-corrected chi connectivity index (χ4v) is 4.47. The SMILES string of the molecule is CS(=O)(=O)Cc1cccc(C(=O)N2CCC[C@@H]2c2nc3ccccc3[nH]2)c1. The minimum Gasteiger partial charge on any atom is -0.340 e. The van der Waals surface area contributed by atoms with Gasteiger partial charge in [0.05, 0.1) is 22.8 Å². The minimum atomic E-state index is -3.15. The van der Waals surface area contributed by atoms with Crippen molar-refractivity contribution in [2.24, 2.45) is 0 Å². The molecule has 0 bridgehead atoms. The summed E-state index contributed by atoms with van der Waals surface area (Å²) in [4.78, 5) is 22.9. The lowest BCUT2D eigenvalue weighted by Gasteiger charge is -2.23. The lowest BCUT2D eigenvalue weighted by atomic mass is 10.1. The molecule has 2 aromatic carbocycles. The molecule has 1 saturated heterocycles. The molecule has 1 aliphatic rings. The first-order valence-electron chi connectivity index (χ1n) is 8.93. The summed E-state index contributed by atoms with van der Waals surface area (Å²) < 4.78 is 23.1. The van der Waals surface area contributed by atoms with Gasteiger partial charge in [-0.05, 0) is 42.7 Å². The Balaban J connectivity index is 1.62. The molecule has 140 valence electrons. The summed E-state index contributed by atoms with van der Waals surface area (Å²) in [6.07, 6.45) is 2.96. The molecule has 1 aromatic heterocycles. The molecule has 2 heterocycles. The molecule has 0 spiro atoms. The first-order valence-corrected chi connectivity index (χ1v) is 11.0. The van der Waals surface area contributed by atoms with Gasteiger partial charge in [-0.25, -0.2) is 13.4 Å². The van der Waals surface area contributed by atoms with Crippen molar-refractivity contribution in [3.8, 4) is 0 Å². The Kier molecular flexibility index (Phi) is 4.47. The number of hydrogen-bond donors (Lipinski definition) is 1. The van der Waals surface area contributed by atoms with Crippen LogP contribution >= 0.6 is 0 Å². The second-order valence-corrected chi connectivity index (χ2v) is 9.21. The number of aromatic nitrogens is 2. The molecule has 1 amide bonds. The van der Waals surface area contributed by atoms with Crippen LogP contribution < -0.4 is 0 Å². The van der Waals surface area contributed by atoms with Crippen molar-refractivity contribution in [2.75, 3.05) is 12.8 Å². The highest BCUT2D eigenvalue weighted by Gasteiger charge is 2.32. The molecule has 3 aromatic rings. The molecule has 1 N–H and O–H groups in total. The summed E-state index contributed by atoms with van der Waals surface area (Å²) in [7, 11) is -3.15. The number of rotatable bonds is 4. The number of amides is 1. The third kappa shape index (κ3) is 3.73. The largest absolute Gasteiger partial charge is 0.340 e. The second kappa shape index (κ2) is 6.81. The first kappa shape index (κ1) is 17.7. The van der Waals surface area contributed by atoms with E-state index >= 15 is 0 Å². The average molecular weight is 383 g/mol. The number of H-pyrrole nitrogens is 1. The van der Waals surface area contributed by atoms with Crippen LogP contribution in [-0.2, 0) is 15.6 Å². The van der Waals surface area contributed by atoms with Crippen molar-refractivity contribution in [3.05, 3.63) is 65.5 Å². The minimum absolute atomic E-state index is 0.0683. The molecule has 0 unspecified atom stereocenters. The number of carbonyl (C=O) groups excluding carboxylic acids is 1. The number of imidazole rings is 1. The van der Waals surface area contributed by atoms with Gasteiger partial charge in [-0.3, -0.25) is 4.79 Å². The van der Waals surface area contributed by atoms with Gasteiger partial charge in [-0.1, -0.05) is 24.3 Å². The molecule has 7 heteroatoms. The van der Waals surface area contributed by atoms with E-state index in [0.29, 0.717) is 17.7 Å². The van der Waals surface area contributed by atoms with Crippen molar-refractivity contribution < 1.29 is 13.2 Å².